The number of nitro benzene ring substituents is 1. The lowest BCUT2D eigenvalue weighted by atomic mass is 10.2. The predicted molar refractivity (Wildman–Crippen MR) is 89.9 cm³/mol. The van der Waals surface area contributed by atoms with Gasteiger partial charge < -0.3 is 20.4 Å². The first-order chi connectivity index (χ1) is 13.5. The molecule has 0 saturated carbocycles. The standard InChI is InChI=1S/C6H3N3O9.3C2H4O2/c10-3-1-4(17-8(13)14)6(7(11)12)5(2-3)18-9(15)16;3*1-2(3)4/h1-2,10H;3*1H3,(H,3,4). The maximum absolute atomic E-state index is 10.6. The minimum atomic E-state index is -1.38. The minimum absolute atomic E-state index is 0.549. The lowest BCUT2D eigenvalue weighted by Gasteiger charge is -2.05. The van der Waals surface area contributed by atoms with Crippen LogP contribution in [0.5, 0.6) is 17.2 Å². The molecule has 0 aromatic heterocycles. The van der Waals surface area contributed by atoms with Crippen LogP contribution in [-0.4, -0.2) is 53.4 Å². The average Bonchev–Trinajstić information content (AvgIpc) is 2.42. The van der Waals surface area contributed by atoms with E-state index in [9.17, 15) is 30.3 Å². The van der Waals surface area contributed by atoms with Gasteiger partial charge in [0.15, 0.2) is 0 Å². The maximum Gasteiger partial charge on any atom is 0.329 e. The number of carboxylic acid groups (broad SMARTS) is 3. The molecule has 1 rings (SSSR count). The Hall–Kier alpha value is -4.77. The molecular weight excluding hydrogens is 426 g/mol. The number of benzene rings is 1. The van der Waals surface area contributed by atoms with Crippen LogP contribution < -0.4 is 9.68 Å². The van der Waals surface area contributed by atoms with Crippen molar-refractivity contribution in [2.24, 2.45) is 0 Å². The highest BCUT2D eigenvalue weighted by molar-refractivity contribution is 5.63. The highest BCUT2D eigenvalue weighted by Gasteiger charge is 2.26. The van der Waals surface area contributed by atoms with E-state index in [1.54, 1.807) is 0 Å². The summed E-state index contributed by atoms with van der Waals surface area (Å²) in [6.45, 7) is 3.25. The van der Waals surface area contributed by atoms with Crippen LogP contribution in [0.2, 0.25) is 0 Å². The number of rotatable bonds is 5. The molecule has 0 saturated heterocycles. The molecule has 0 unspecified atom stereocenters. The molecule has 0 fully saturated rings. The molecule has 0 bridgehead atoms. The van der Waals surface area contributed by atoms with Gasteiger partial charge in [0.05, 0.1) is 4.92 Å². The zero-order valence-corrected chi connectivity index (χ0v) is 15.3. The van der Waals surface area contributed by atoms with Crippen LogP contribution >= 0.6 is 0 Å². The largest absolute Gasteiger partial charge is 0.508 e. The number of phenols is 1. The zero-order chi connectivity index (χ0) is 24.6. The summed E-state index contributed by atoms with van der Waals surface area (Å²) in [5.74, 6) is -5.24. The lowest BCUT2D eigenvalue weighted by Crippen LogP contribution is -2.09. The van der Waals surface area contributed by atoms with Crippen molar-refractivity contribution < 1.29 is 59.6 Å². The Balaban J connectivity index is -0.000000498. The number of nitrogens with zero attached hydrogens (tertiary/aromatic N) is 3. The molecule has 0 aliphatic rings. The SMILES string of the molecule is CC(=O)O.CC(=O)O.CC(=O)O.O=[N+]([O-])Oc1cc(O)cc(O[N+](=O)[O-])c1[N+](=O)[O-]. The van der Waals surface area contributed by atoms with Crippen LogP contribution in [0.1, 0.15) is 20.8 Å². The number of hydrogen-bond acceptors (Lipinski definition) is 12. The van der Waals surface area contributed by atoms with E-state index in [1.807, 2.05) is 0 Å². The van der Waals surface area contributed by atoms with Crippen molar-refractivity contribution in [3.05, 3.63) is 42.5 Å². The molecule has 30 heavy (non-hydrogen) atoms. The van der Waals surface area contributed by atoms with Crippen molar-refractivity contribution in [1.82, 2.24) is 0 Å². The second-order valence-electron chi connectivity index (χ2n) is 4.23. The van der Waals surface area contributed by atoms with Crippen molar-refractivity contribution in [2.45, 2.75) is 20.8 Å². The Bertz CT molecular complexity index is 714. The summed E-state index contributed by atoms with van der Waals surface area (Å²) in [5, 5.41) is 59.4. The molecule has 18 heteroatoms. The van der Waals surface area contributed by atoms with Crippen molar-refractivity contribution >= 4 is 23.6 Å². The molecule has 168 valence electrons. The quantitative estimate of drug-likeness (QED) is 0.361. The van der Waals surface area contributed by atoms with Gasteiger partial charge in [-0.15, -0.1) is 20.2 Å². The second-order valence-corrected chi connectivity index (χ2v) is 4.23. The van der Waals surface area contributed by atoms with E-state index in [2.05, 4.69) is 9.68 Å². The third kappa shape index (κ3) is 21.3. The van der Waals surface area contributed by atoms with Crippen molar-refractivity contribution in [1.29, 1.82) is 0 Å². The van der Waals surface area contributed by atoms with Crippen LogP contribution in [0.4, 0.5) is 5.69 Å². The predicted octanol–water partition coefficient (Wildman–Crippen LogP) is 0.714. The van der Waals surface area contributed by atoms with Gasteiger partial charge in [-0.3, -0.25) is 34.2 Å². The first kappa shape index (κ1) is 30.0. The van der Waals surface area contributed by atoms with Crippen molar-refractivity contribution in [3.63, 3.8) is 0 Å². The van der Waals surface area contributed by atoms with E-state index in [1.165, 1.54) is 0 Å². The third-order valence-corrected chi connectivity index (χ3v) is 1.55. The second kappa shape index (κ2) is 15.3. The monoisotopic (exact) mass is 441 g/mol. The van der Waals surface area contributed by atoms with Crippen molar-refractivity contribution in [3.8, 4) is 17.2 Å². The smallest absolute Gasteiger partial charge is 0.329 e. The molecule has 18 nitrogen and oxygen atoms in total. The molecule has 0 atom stereocenters. The van der Waals surface area contributed by atoms with E-state index >= 15 is 0 Å². The van der Waals surface area contributed by atoms with Gasteiger partial charge in [0.1, 0.15) is 5.75 Å². The summed E-state index contributed by atoms with van der Waals surface area (Å²) in [7, 11) is 0. The summed E-state index contributed by atoms with van der Waals surface area (Å²) in [6, 6.07) is 1.10. The molecule has 0 aliphatic carbocycles. The van der Waals surface area contributed by atoms with Gasteiger partial charge in [-0.1, -0.05) is 0 Å². The van der Waals surface area contributed by atoms with E-state index in [4.69, 9.17) is 34.8 Å². The Morgan fingerprint density at radius 3 is 1.17 bits per heavy atom. The summed E-state index contributed by atoms with van der Waals surface area (Å²) in [6.07, 6.45) is 0. The van der Waals surface area contributed by atoms with Crippen molar-refractivity contribution in [2.75, 3.05) is 0 Å². The molecular formula is C12H15N3O15. The number of aliphatic carboxylic acids is 3. The van der Waals surface area contributed by atoms with Crippen LogP contribution in [-0.2, 0) is 14.4 Å². The Labute approximate surface area is 164 Å². The lowest BCUT2D eigenvalue weighted by molar-refractivity contribution is -0.715. The molecule has 1 aromatic rings. The van der Waals surface area contributed by atoms with Gasteiger partial charge in [-0.2, -0.15) is 0 Å². The third-order valence-electron chi connectivity index (χ3n) is 1.55. The highest BCUT2D eigenvalue weighted by atomic mass is 17.0. The molecule has 0 radical (unpaired) electrons. The van der Waals surface area contributed by atoms with Crippen LogP contribution in [0.3, 0.4) is 0 Å². The Morgan fingerprint density at radius 1 is 0.767 bits per heavy atom. The number of carboxylic acids is 3. The fourth-order valence-electron chi connectivity index (χ4n) is 1.05. The van der Waals surface area contributed by atoms with Crippen LogP contribution in [0.25, 0.3) is 0 Å². The van der Waals surface area contributed by atoms with E-state index < -0.39 is 55.9 Å². The number of hydrogen-bond donors (Lipinski definition) is 4. The molecule has 0 amide bonds. The highest BCUT2D eigenvalue weighted by Crippen LogP contribution is 2.40. The van der Waals surface area contributed by atoms with Crippen LogP contribution in [0.15, 0.2) is 12.1 Å². The number of aromatic hydroxyl groups is 1. The molecule has 1 aromatic carbocycles. The van der Waals surface area contributed by atoms with Gasteiger partial charge in [0.2, 0.25) is 11.5 Å². The van der Waals surface area contributed by atoms with E-state index in [-0.39, 0.29) is 0 Å². The molecule has 4 N–H and O–H groups in total. The average molecular weight is 441 g/mol. The molecule has 0 aliphatic heterocycles. The number of phenolic OH excluding ortho intramolecular Hbond substituents is 1. The van der Waals surface area contributed by atoms with Gasteiger partial charge in [-0.05, 0) is 0 Å². The maximum atomic E-state index is 10.6. The fourth-order valence-corrected chi connectivity index (χ4v) is 1.05. The normalized spacial score (nSPS) is 8.23. The fraction of sp³-hybridized carbons (Fsp3) is 0.250. The van der Waals surface area contributed by atoms with Crippen LogP contribution in [0, 0.1) is 30.3 Å². The van der Waals surface area contributed by atoms with E-state index in [0.717, 1.165) is 20.8 Å². The van der Waals surface area contributed by atoms with Gasteiger partial charge >= 0.3 is 5.69 Å². The summed E-state index contributed by atoms with van der Waals surface area (Å²) in [5.41, 5.74) is -1.15. The van der Waals surface area contributed by atoms with Gasteiger partial charge in [0.25, 0.3) is 28.1 Å². The zero-order valence-electron chi connectivity index (χ0n) is 15.3. The number of nitro groups is 1. The van der Waals surface area contributed by atoms with Gasteiger partial charge in [-0.25, -0.2) is 0 Å². The molecule has 0 spiro atoms. The summed E-state index contributed by atoms with van der Waals surface area (Å²) >= 11 is 0. The van der Waals surface area contributed by atoms with E-state index in [0.29, 0.717) is 12.1 Å². The Morgan fingerprint density at radius 2 is 1.00 bits per heavy atom. The topological polar surface area (TPSA) is 280 Å². The first-order valence-electron chi connectivity index (χ1n) is 6.75. The minimum Gasteiger partial charge on any atom is -0.508 e. The molecule has 0 heterocycles. The summed E-state index contributed by atoms with van der Waals surface area (Å²) < 4.78 is 0. The summed E-state index contributed by atoms with van der Waals surface area (Å²) in [4.78, 5) is 64.3. The Kier molecular flexibility index (Phi) is 15.3. The number of carbonyl (C=O) groups is 3. The van der Waals surface area contributed by atoms with Gasteiger partial charge in [0, 0.05) is 32.9 Å². The first-order valence-corrected chi connectivity index (χ1v) is 6.75.